The topological polar surface area (TPSA) is 100 Å². The van der Waals surface area contributed by atoms with Crippen molar-refractivity contribution in [2.45, 2.75) is 13.3 Å². The van der Waals surface area contributed by atoms with E-state index in [1.165, 1.54) is 11.0 Å². The molecule has 3 aromatic carbocycles. The molecule has 0 saturated carbocycles. The number of nitrogens with zero attached hydrogens (tertiary/aromatic N) is 4. The van der Waals surface area contributed by atoms with E-state index in [-0.39, 0.29) is 0 Å². The third-order valence-electron chi connectivity index (χ3n) is 5.30. The lowest BCUT2D eigenvalue weighted by Gasteiger charge is -2.13. The van der Waals surface area contributed by atoms with Crippen LogP contribution in [0.4, 0.5) is 4.79 Å². The van der Waals surface area contributed by atoms with Crippen molar-refractivity contribution < 1.29 is 19.0 Å². The van der Waals surface area contributed by atoms with Crippen molar-refractivity contribution in [3.05, 3.63) is 78.1 Å². The maximum atomic E-state index is 12.5. The Morgan fingerprint density at radius 2 is 1.82 bits per heavy atom. The van der Waals surface area contributed by atoms with Gasteiger partial charge in [-0.15, -0.1) is 5.10 Å². The van der Waals surface area contributed by atoms with Gasteiger partial charge in [-0.2, -0.15) is 0 Å². The molecular weight excluding hydrogens is 434 g/mol. The summed E-state index contributed by atoms with van der Waals surface area (Å²) in [4.78, 5) is 12.5. The minimum atomic E-state index is -0.551. The Labute approximate surface area is 197 Å². The van der Waals surface area contributed by atoms with Gasteiger partial charge in [-0.25, -0.2) is 9.48 Å². The largest absolute Gasteiger partial charge is 0.493 e. The fraction of sp³-hybridized carbons (Fsp3) is 0.200. The molecule has 174 valence electrons. The zero-order valence-corrected chi connectivity index (χ0v) is 19.2. The number of amides is 1. The van der Waals surface area contributed by atoms with Crippen LogP contribution < -0.4 is 19.5 Å². The molecule has 1 aromatic heterocycles. The van der Waals surface area contributed by atoms with E-state index < -0.39 is 6.09 Å². The zero-order valence-electron chi connectivity index (χ0n) is 19.2. The Morgan fingerprint density at radius 1 is 1.00 bits per heavy atom. The summed E-state index contributed by atoms with van der Waals surface area (Å²) in [5, 5.41) is 14.1. The minimum Gasteiger partial charge on any atom is -0.493 e. The van der Waals surface area contributed by atoms with E-state index in [9.17, 15) is 4.79 Å². The molecular formula is C25H25N5O4. The maximum absolute atomic E-state index is 12.5. The van der Waals surface area contributed by atoms with Crippen LogP contribution in [-0.2, 0) is 6.42 Å². The van der Waals surface area contributed by atoms with Gasteiger partial charge in [0.2, 0.25) is 0 Å². The maximum Gasteiger partial charge on any atom is 0.412 e. The van der Waals surface area contributed by atoms with Gasteiger partial charge >= 0.3 is 6.09 Å². The summed E-state index contributed by atoms with van der Waals surface area (Å²) in [5.41, 5.74) is 4.69. The van der Waals surface area contributed by atoms with Gasteiger partial charge in [0, 0.05) is 12.6 Å². The van der Waals surface area contributed by atoms with Crippen molar-refractivity contribution in [3.8, 4) is 34.1 Å². The molecule has 0 unspecified atom stereocenters. The number of hydrogen-bond donors (Lipinski definition) is 1. The summed E-state index contributed by atoms with van der Waals surface area (Å²) in [5.74, 6) is 1.69. The molecule has 0 aliphatic carbocycles. The fourth-order valence-corrected chi connectivity index (χ4v) is 3.59. The first-order valence-electron chi connectivity index (χ1n) is 10.7. The minimum absolute atomic E-state index is 0.384. The zero-order chi connectivity index (χ0) is 23.9. The Balaban J connectivity index is 1.47. The van der Waals surface area contributed by atoms with Crippen molar-refractivity contribution in [2.75, 3.05) is 20.8 Å². The van der Waals surface area contributed by atoms with E-state index in [1.54, 1.807) is 20.3 Å². The highest BCUT2D eigenvalue weighted by Crippen LogP contribution is 2.30. The number of tetrazole rings is 1. The highest BCUT2D eigenvalue weighted by atomic mass is 16.6. The third-order valence-corrected chi connectivity index (χ3v) is 5.30. The molecule has 0 saturated heterocycles. The number of hydrogen-bond acceptors (Lipinski definition) is 7. The average molecular weight is 460 g/mol. The highest BCUT2D eigenvalue weighted by Gasteiger charge is 2.12. The molecule has 0 aliphatic rings. The van der Waals surface area contributed by atoms with Crippen LogP contribution in [0.5, 0.6) is 17.2 Å². The van der Waals surface area contributed by atoms with E-state index in [2.05, 4.69) is 20.8 Å². The first kappa shape index (κ1) is 22.8. The number of ether oxygens (including phenoxy) is 3. The number of nitrogens with one attached hydrogen (secondary N) is 1. The summed E-state index contributed by atoms with van der Waals surface area (Å²) in [6.45, 7) is 2.42. The predicted octanol–water partition coefficient (Wildman–Crippen LogP) is 3.99. The van der Waals surface area contributed by atoms with Crippen LogP contribution in [0.15, 0.2) is 67.0 Å². The van der Waals surface area contributed by atoms with Crippen LogP contribution in [0.25, 0.3) is 16.8 Å². The van der Waals surface area contributed by atoms with Crippen LogP contribution in [0, 0.1) is 6.92 Å². The van der Waals surface area contributed by atoms with Crippen LogP contribution in [0.3, 0.4) is 0 Å². The second-order valence-electron chi connectivity index (χ2n) is 7.54. The van der Waals surface area contributed by atoms with Gasteiger partial charge in [-0.1, -0.05) is 30.3 Å². The first-order chi connectivity index (χ1) is 16.6. The van der Waals surface area contributed by atoms with Crippen LogP contribution in [-0.4, -0.2) is 47.1 Å². The summed E-state index contributed by atoms with van der Waals surface area (Å²) >= 11 is 0. The van der Waals surface area contributed by atoms with E-state index >= 15 is 0 Å². The number of carbonyl (C=O) groups is 1. The van der Waals surface area contributed by atoms with Crippen molar-refractivity contribution in [3.63, 3.8) is 0 Å². The van der Waals surface area contributed by atoms with Crippen LogP contribution in [0.1, 0.15) is 11.1 Å². The monoisotopic (exact) mass is 459 g/mol. The Kier molecular flexibility index (Phi) is 7.02. The second kappa shape index (κ2) is 10.5. The molecule has 0 spiro atoms. The summed E-state index contributed by atoms with van der Waals surface area (Å²) < 4.78 is 17.7. The number of carbonyl (C=O) groups excluding carboxylic acids is 1. The van der Waals surface area contributed by atoms with Crippen molar-refractivity contribution in [1.29, 1.82) is 0 Å². The number of aromatic nitrogens is 4. The quantitative estimate of drug-likeness (QED) is 0.425. The van der Waals surface area contributed by atoms with E-state index in [0.29, 0.717) is 35.9 Å². The molecule has 4 rings (SSSR count). The molecule has 0 atom stereocenters. The average Bonchev–Trinajstić information content (AvgIpc) is 3.39. The van der Waals surface area contributed by atoms with E-state index in [0.717, 1.165) is 22.3 Å². The Morgan fingerprint density at radius 3 is 2.56 bits per heavy atom. The first-order valence-corrected chi connectivity index (χ1v) is 10.7. The Hall–Kier alpha value is -4.40. The Bertz CT molecular complexity index is 1270. The van der Waals surface area contributed by atoms with E-state index in [1.807, 2.05) is 61.5 Å². The number of methoxy groups -OCH3 is 2. The molecule has 1 heterocycles. The van der Waals surface area contributed by atoms with Gasteiger partial charge in [0.25, 0.3) is 0 Å². The molecule has 0 radical (unpaired) electrons. The number of benzene rings is 3. The molecule has 9 heteroatoms. The molecule has 9 nitrogen and oxygen atoms in total. The summed E-state index contributed by atoms with van der Waals surface area (Å²) in [6, 6.07) is 19.1. The van der Waals surface area contributed by atoms with Gasteiger partial charge in [0.1, 0.15) is 12.1 Å². The molecule has 34 heavy (non-hydrogen) atoms. The normalized spacial score (nSPS) is 10.6. The lowest BCUT2D eigenvalue weighted by molar-refractivity contribution is 0.200. The highest BCUT2D eigenvalue weighted by molar-refractivity contribution is 5.74. The molecule has 0 fully saturated rings. The van der Waals surface area contributed by atoms with Crippen molar-refractivity contribution in [1.82, 2.24) is 25.5 Å². The lowest BCUT2D eigenvalue weighted by Crippen LogP contribution is -2.28. The molecule has 0 aliphatic heterocycles. The lowest BCUT2D eigenvalue weighted by atomic mass is 10.00. The van der Waals surface area contributed by atoms with Crippen LogP contribution in [0.2, 0.25) is 0 Å². The molecule has 4 aromatic rings. The van der Waals surface area contributed by atoms with Crippen molar-refractivity contribution >= 4 is 6.09 Å². The van der Waals surface area contributed by atoms with Crippen LogP contribution >= 0.6 is 0 Å². The van der Waals surface area contributed by atoms with Gasteiger partial charge < -0.3 is 19.5 Å². The molecule has 0 bridgehead atoms. The third kappa shape index (κ3) is 5.32. The van der Waals surface area contributed by atoms with Crippen molar-refractivity contribution in [2.24, 2.45) is 0 Å². The smallest absolute Gasteiger partial charge is 0.412 e. The van der Waals surface area contributed by atoms with E-state index in [4.69, 9.17) is 14.2 Å². The SMILES string of the molecule is COc1ccc(CCNC(=O)Oc2cc(-c3ccccc3C)cc(-n3cnnn3)c2)cc1OC. The standard InChI is InChI=1S/C25H25N5O4/c1-17-6-4-5-7-22(17)19-13-20(30-16-27-28-29-30)15-21(14-19)34-25(31)26-11-10-18-8-9-23(32-2)24(12-18)33-3/h4-9,12-16H,10-11H2,1-3H3,(H,26,31). The summed E-state index contributed by atoms with van der Waals surface area (Å²) in [6.07, 6.45) is 1.54. The fourth-order valence-electron chi connectivity index (χ4n) is 3.59. The molecule has 1 N–H and O–H groups in total. The van der Waals surface area contributed by atoms with Gasteiger partial charge in [-0.05, 0) is 70.3 Å². The van der Waals surface area contributed by atoms with Gasteiger partial charge in [0.05, 0.1) is 19.9 Å². The summed E-state index contributed by atoms with van der Waals surface area (Å²) in [7, 11) is 3.18. The predicted molar refractivity (Wildman–Crippen MR) is 127 cm³/mol. The number of rotatable bonds is 8. The number of aryl methyl sites for hydroxylation is 1. The van der Waals surface area contributed by atoms with Gasteiger partial charge in [-0.3, -0.25) is 0 Å². The molecule has 1 amide bonds. The van der Waals surface area contributed by atoms with Gasteiger partial charge in [0.15, 0.2) is 11.5 Å². The second-order valence-corrected chi connectivity index (χ2v) is 7.54.